The molecular weight excluding hydrogens is 264 g/mol. The summed E-state index contributed by atoms with van der Waals surface area (Å²) in [5.74, 6) is -0.220. The first-order chi connectivity index (χ1) is 9.08. The molecule has 1 amide bonds. The van der Waals surface area contributed by atoms with Gasteiger partial charge in [-0.15, -0.1) is 0 Å². The predicted octanol–water partition coefficient (Wildman–Crippen LogP) is 2.65. The van der Waals surface area contributed by atoms with Gasteiger partial charge in [0.05, 0.1) is 5.56 Å². The Labute approximate surface area is 119 Å². The van der Waals surface area contributed by atoms with Crippen LogP contribution in [0.3, 0.4) is 0 Å². The molecule has 0 aliphatic carbocycles. The smallest absolute Gasteiger partial charge is 0.254 e. The minimum absolute atomic E-state index is 0.0565. The van der Waals surface area contributed by atoms with E-state index in [1.807, 2.05) is 0 Å². The summed E-state index contributed by atoms with van der Waals surface area (Å²) in [6.45, 7) is 4.81. The first kappa shape index (κ1) is 15.9. The number of amides is 1. The van der Waals surface area contributed by atoms with Crippen LogP contribution in [0.2, 0.25) is 5.15 Å². The maximum absolute atomic E-state index is 12.1. The lowest BCUT2D eigenvalue weighted by Gasteiger charge is -2.31. The first-order valence-corrected chi connectivity index (χ1v) is 6.96. The van der Waals surface area contributed by atoms with E-state index in [0.717, 1.165) is 12.8 Å². The summed E-state index contributed by atoms with van der Waals surface area (Å²) in [6, 6.07) is 3.33. The number of hydrogen-bond donors (Lipinski definition) is 2. The average Bonchev–Trinajstić information content (AvgIpc) is 2.44. The number of aromatic nitrogens is 1. The third-order valence-corrected chi connectivity index (χ3v) is 4.07. The molecule has 0 unspecified atom stereocenters. The zero-order valence-corrected chi connectivity index (χ0v) is 12.2. The summed E-state index contributed by atoms with van der Waals surface area (Å²) < 4.78 is 0. The van der Waals surface area contributed by atoms with Crippen LogP contribution >= 0.6 is 11.6 Å². The number of rotatable bonds is 7. The van der Waals surface area contributed by atoms with Gasteiger partial charge in [-0.2, -0.15) is 0 Å². The van der Waals surface area contributed by atoms with E-state index >= 15 is 0 Å². The van der Waals surface area contributed by atoms with Gasteiger partial charge in [-0.05, 0) is 36.8 Å². The number of aliphatic hydroxyl groups excluding tert-OH is 1. The van der Waals surface area contributed by atoms with E-state index < -0.39 is 0 Å². The van der Waals surface area contributed by atoms with Gasteiger partial charge in [0, 0.05) is 19.3 Å². The van der Waals surface area contributed by atoms with Gasteiger partial charge in [-0.1, -0.05) is 25.4 Å². The van der Waals surface area contributed by atoms with Gasteiger partial charge in [0.2, 0.25) is 0 Å². The van der Waals surface area contributed by atoms with Gasteiger partial charge in [0.15, 0.2) is 0 Å². The van der Waals surface area contributed by atoms with Crippen LogP contribution in [0.5, 0.6) is 0 Å². The van der Waals surface area contributed by atoms with Crippen LogP contribution in [0.15, 0.2) is 18.3 Å². The quantitative estimate of drug-likeness (QED) is 0.757. The van der Waals surface area contributed by atoms with E-state index in [2.05, 4.69) is 24.1 Å². The molecule has 5 heteroatoms. The van der Waals surface area contributed by atoms with Crippen molar-refractivity contribution in [2.24, 2.45) is 5.41 Å². The minimum atomic E-state index is -0.220. The topological polar surface area (TPSA) is 62.2 Å². The predicted molar refractivity (Wildman–Crippen MR) is 76.3 cm³/mol. The lowest BCUT2D eigenvalue weighted by Crippen LogP contribution is -2.37. The molecule has 0 fully saturated rings. The number of aliphatic hydroxyl groups is 1. The number of hydrogen-bond acceptors (Lipinski definition) is 3. The highest BCUT2D eigenvalue weighted by Gasteiger charge is 2.26. The monoisotopic (exact) mass is 284 g/mol. The van der Waals surface area contributed by atoms with Crippen LogP contribution in [0.4, 0.5) is 0 Å². The number of carbonyl (C=O) groups excluding carboxylic acids is 1. The molecule has 4 nitrogen and oxygen atoms in total. The summed E-state index contributed by atoms with van der Waals surface area (Å²) >= 11 is 5.89. The van der Waals surface area contributed by atoms with E-state index in [-0.39, 0.29) is 23.1 Å². The molecule has 1 aromatic heterocycles. The van der Waals surface area contributed by atoms with Crippen LogP contribution in [0, 0.1) is 5.41 Å². The Morgan fingerprint density at radius 2 is 2.16 bits per heavy atom. The molecule has 1 aromatic rings. The van der Waals surface area contributed by atoms with Gasteiger partial charge in [0.1, 0.15) is 5.15 Å². The molecule has 0 spiro atoms. The molecule has 106 valence electrons. The molecule has 0 saturated heterocycles. The van der Waals surface area contributed by atoms with Crippen molar-refractivity contribution in [3.63, 3.8) is 0 Å². The summed E-state index contributed by atoms with van der Waals surface area (Å²) in [5, 5.41) is 12.2. The number of pyridine rings is 1. The van der Waals surface area contributed by atoms with Crippen LogP contribution < -0.4 is 5.32 Å². The summed E-state index contributed by atoms with van der Waals surface area (Å²) in [5.41, 5.74) is 0.327. The largest absolute Gasteiger partial charge is 0.396 e. The van der Waals surface area contributed by atoms with Crippen molar-refractivity contribution >= 4 is 17.5 Å². The van der Waals surface area contributed by atoms with Crippen molar-refractivity contribution in [3.05, 3.63) is 29.0 Å². The van der Waals surface area contributed by atoms with Crippen LogP contribution in [0.25, 0.3) is 0 Å². The second-order valence-electron chi connectivity index (χ2n) is 4.71. The van der Waals surface area contributed by atoms with Gasteiger partial charge < -0.3 is 10.4 Å². The van der Waals surface area contributed by atoms with Gasteiger partial charge in [-0.3, -0.25) is 4.79 Å². The van der Waals surface area contributed by atoms with E-state index in [1.54, 1.807) is 18.3 Å². The molecule has 0 aromatic carbocycles. The Morgan fingerprint density at radius 3 is 2.68 bits per heavy atom. The number of nitrogens with zero attached hydrogens (tertiary/aromatic N) is 1. The molecule has 0 aliphatic rings. The number of halogens is 1. The molecule has 1 rings (SSSR count). The zero-order chi connectivity index (χ0) is 14.3. The SMILES string of the molecule is CCC(CC)(CCO)CNC(=O)c1cccnc1Cl. The Hall–Kier alpha value is -1.13. The van der Waals surface area contributed by atoms with E-state index in [0.29, 0.717) is 18.5 Å². The second-order valence-corrected chi connectivity index (χ2v) is 5.06. The molecule has 1 heterocycles. The number of nitrogens with one attached hydrogen (secondary N) is 1. The molecule has 0 aliphatic heterocycles. The standard InChI is InChI=1S/C14H21ClN2O2/c1-3-14(4-2,7-9-18)10-17-13(19)11-6-5-8-16-12(11)15/h5-6,8,18H,3-4,7,9-10H2,1-2H3,(H,17,19). The Bertz CT molecular complexity index is 420. The fourth-order valence-corrected chi connectivity index (χ4v) is 2.30. The Morgan fingerprint density at radius 1 is 1.47 bits per heavy atom. The van der Waals surface area contributed by atoms with Crippen LogP contribution in [0.1, 0.15) is 43.5 Å². The zero-order valence-electron chi connectivity index (χ0n) is 11.4. The molecular formula is C14H21ClN2O2. The molecule has 0 bridgehead atoms. The third-order valence-electron chi connectivity index (χ3n) is 3.77. The maximum atomic E-state index is 12.1. The molecule has 0 saturated carbocycles. The van der Waals surface area contributed by atoms with Crippen molar-refractivity contribution in [1.29, 1.82) is 0 Å². The molecule has 19 heavy (non-hydrogen) atoms. The maximum Gasteiger partial charge on any atom is 0.254 e. The highest BCUT2D eigenvalue weighted by atomic mass is 35.5. The fourth-order valence-electron chi connectivity index (χ4n) is 2.10. The highest BCUT2D eigenvalue weighted by Crippen LogP contribution is 2.29. The van der Waals surface area contributed by atoms with E-state index in [9.17, 15) is 4.79 Å². The molecule has 0 radical (unpaired) electrons. The normalized spacial score (nSPS) is 11.4. The van der Waals surface area contributed by atoms with Crippen LogP contribution in [-0.4, -0.2) is 29.1 Å². The third kappa shape index (κ3) is 4.18. The first-order valence-electron chi connectivity index (χ1n) is 6.58. The summed E-state index contributed by atoms with van der Waals surface area (Å²) in [4.78, 5) is 15.9. The van der Waals surface area contributed by atoms with Gasteiger partial charge in [0.25, 0.3) is 5.91 Å². The lowest BCUT2D eigenvalue weighted by molar-refractivity contribution is 0.0907. The minimum Gasteiger partial charge on any atom is -0.396 e. The fraction of sp³-hybridized carbons (Fsp3) is 0.571. The van der Waals surface area contributed by atoms with E-state index in [1.165, 1.54) is 0 Å². The van der Waals surface area contributed by atoms with Crippen molar-refractivity contribution < 1.29 is 9.90 Å². The van der Waals surface area contributed by atoms with Gasteiger partial charge in [-0.25, -0.2) is 4.98 Å². The van der Waals surface area contributed by atoms with Crippen molar-refractivity contribution in [2.45, 2.75) is 33.1 Å². The molecule has 2 N–H and O–H groups in total. The second kappa shape index (κ2) is 7.46. The summed E-state index contributed by atoms with van der Waals surface area (Å²) in [6.07, 6.45) is 4.05. The Kier molecular flexibility index (Phi) is 6.25. The van der Waals surface area contributed by atoms with Gasteiger partial charge >= 0.3 is 0 Å². The molecule has 0 atom stereocenters. The van der Waals surface area contributed by atoms with Crippen molar-refractivity contribution in [3.8, 4) is 0 Å². The lowest BCUT2D eigenvalue weighted by atomic mass is 9.79. The van der Waals surface area contributed by atoms with Crippen LogP contribution in [-0.2, 0) is 0 Å². The average molecular weight is 285 g/mol. The van der Waals surface area contributed by atoms with Crippen molar-refractivity contribution in [2.75, 3.05) is 13.2 Å². The number of carbonyl (C=O) groups is 1. The Balaban J connectivity index is 2.70. The summed E-state index contributed by atoms with van der Waals surface area (Å²) in [7, 11) is 0. The van der Waals surface area contributed by atoms with Crippen molar-refractivity contribution in [1.82, 2.24) is 10.3 Å². The highest BCUT2D eigenvalue weighted by molar-refractivity contribution is 6.32. The van der Waals surface area contributed by atoms with E-state index in [4.69, 9.17) is 16.7 Å².